The van der Waals surface area contributed by atoms with E-state index >= 15 is 0 Å². The highest BCUT2D eigenvalue weighted by Gasteiger charge is 1.98. The molecule has 1 aromatic rings. The number of rotatable bonds is 7. The first-order valence-corrected chi connectivity index (χ1v) is 5.02. The van der Waals surface area contributed by atoms with Crippen molar-refractivity contribution in [2.45, 2.75) is 26.8 Å². The van der Waals surface area contributed by atoms with Crippen LogP contribution in [0.25, 0.3) is 0 Å². The summed E-state index contributed by atoms with van der Waals surface area (Å²) in [6, 6.07) is 0. The van der Waals surface area contributed by atoms with Crippen LogP contribution in [0.5, 0.6) is 0 Å². The smallest absolute Gasteiger partial charge is 0.208 e. The van der Waals surface area contributed by atoms with Crippen LogP contribution in [0.1, 0.15) is 25.0 Å². The lowest BCUT2D eigenvalue weighted by Gasteiger charge is -2.02. The molecule has 0 atom stereocenters. The van der Waals surface area contributed by atoms with Gasteiger partial charge in [-0.2, -0.15) is 0 Å². The van der Waals surface area contributed by atoms with Gasteiger partial charge in [0, 0.05) is 13.2 Å². The molecule has 0 unspecified atom stereocenters. The lowest BCUT2D eigenvalue weighted by molar-refractivity contribution is 0.144. The summed E-state index contributed by atoms with van der Waals surface area (Å²) in [6.45, 7) is 7.13. The minimum absolute atomic E-state index is 0.694. The van der Waals surface area contributed by atoms with Gasteiger partial charge in [0.25, 0.3) is 0 Å². The Morgan fingerprint density at radius 3 is 3.07 bits per heavy atom. The number of ether oxygens (including phenoxy) is 1. The van der Waals surface area contributed by atoms with E-state index in [4.69, 9.17) is 9.15 Å². The molecular formula is C10H18N2O2. The summed E-state index contributed by atoms with van der Waals surface area (Å²) in [4.78, 5) is 4.09. The van der Waals surface area contributed by atoms with E-state index < -0.39 is 0 Å². The van der Waals surface area contributed by atoms with Crippen molar-refractivity contribution in [3.8, 4) is 0 Å². The molecule has 0 fully saturated rings. The number of aromatic nitrogens is 1. The molecule has 1 rings (SSSR count). The molecule has 4 nitrogen and oxygen atoms in total. The second-order valence-electron chi connectivity index (χ2n) is 3.09. The highest BCUT2D eigenvalue weighted by atomic mass is 16.5. The van der Waals surface area contributed by atoms with Gasteiger partial charge in [-0.3, -0.25) is 0 Å². The van der Waals surface area contributed by atoms with Gasteiger partial charge in [-0.05, 0) is 26.8 Å². The third-order valence-corrected chi connectivity index (χ3v) is 1.79. The van der Waals surface area contributed by atoms with Crippen LogP contribution in [0, 0.1) is 6.92 Å². The van der Waals surface area contributed by atoms with Crippen molar-refractivity contribution in [2.24, 2.45) is 0 Å². The third-order valence-electron chi connectivity index (χ3n) is 1.79. The van der Waals surface area contributed by atoms with Crippen molar-refractivity contribution in [2.75, 3.05) is 19.8 Å². The maximum Gasteiger partial charge on any atom is 0.208 e. The molecule has 0 amide bonds. The first-order valence-electron chi connectivity index (χ1n) is 5.02. The van der Waals surface area contributed by atoms with E-state index in [0.717, 1.165) is 37.8 Å². The molecule has 1 aromatic heterocycles. The van der Waals surface area contributed by atoms with E-state index in [1.165, 1.54) is 0 Å². The maximum absolute atomic E-state index is 5.31. The molecule has 0 aliphatic carbocycles. The lowest BCUT2D eigenvalue weighted by atomic mass is 10.4. The van der Waals surface area contributed by atoms with Crippen LogP contribution in [0.15, 0.2) is 10.6 Å². The fourth-order valence-corrected chi connectivity index (χ4v) is 1.12. The van der Waals surface area contributed by atoms with Crippen LogP contribution in [-0.4, -0.2) is 24.7 Å². The Kier molecular flexibility index (Phi) is 5.25. The maximum atomic E-state index is 5.31. The van der Waals surface area contributed by atoms with Gasteiger partial charge in [-0.1, -0.05) is 0 Å². The van der Waals surface area contributed by atoms with E-state index in [1.54, 1.807) is 6.20 Å². The largest absolute Gasteiger partial charge is 0.445 e. The second kappa shape index (κ2) is 6.56. The zero-order chi connectivity index (χ0) is 10.2. The molecule has 1 N–H and O–H groups in total. The molecular weight excluding hydrogens is 180 g/mol. The molecule has 0 aliphatic heterocycles. The molecule has 0 aromatic carbocycles. The predicted octanol–water partition coefficient (Wildman–Crippen LogP) is 1.50. The topological polar surface area (TPSA) is 47.3 Å². The molecule has 4 heteroatoms. The van der Waals surface area contributed by atoms with E-state index in [1.807, 2.05) is 13.8 Å². The van der Waals surface area contributed by atoms with Crippen LogP contribution in [0.2, 0.25) is 0 Å². The van der Waals surface area contributed by atoms with Gasteiger partial charge in [-0.15, -0.1) is 0 Å². The van der Waals surface area contributed by atoms with E-state index in [0.29, 0.717) is 6.54 Å². The minimum Gasteiger partial charge on any atom is -0.445 e. The Morgan fingerprint density at radius 2 is 2.43 bits per heavy atom. The van der Waals surface area contributed by atoms with Gasteiger partial charge in [0.1, 0.15) is 5.76 Å². The van der Waals surface area contributed by atoms with Gasteiger partial charge in [0.15, 0.2) is 0 Å². The second-order valence-corrected chi connectivity index (χ2v) is 3.09. The lowest BCUT2D eigenvalue weighted by Crippen LogP contribution is -2.16. The van der Waals surface area contributed by atoms with E-state index in [2.05, 4.69) is 10.3 Å². The summed E-state index contributed by atoms with van der Waals surface area (Å²) >= 11 is 0. The van der Waals surface area contributed by atoms with Crippen molar-refractivity contribution < 1.29 is 9.15 Å². The molecule has 80 valence electrons. The number of hydrogen-bond acceptors (Lipinski definition) is 4. The summed E-state index contributed by atoms with van der Waals surface area (Å²) in [5, 5.41) is 3.24. The Bertz CT molecular complexity index is 248. The fourth-order valence-electron chi connectivity index (χ4n) is 1.12. The Morgan fingerprint density at radius 1 is 1.57 bits per heavy atom. The summed E-state index contributed by atoms with van der Waals surface area (Å²) in [7, 11) is 0. The standard InChI is InChI=1S/C10H18N2O2/c1-3-13-6-4-5-11-8-10-12-7-9(2)14-10/h7,11H,3-6,8H2,1-2H3. The highest BCUT2D eigenvalue weighted by molar-refractivity contribution is 4.90. The molecule has 1 heterocycles. The molecule has 0 radical (unpaired) electrons. The van der Waals surface area contributed by atoms with Crippen LogP contribution >= 0.6 is 0 Å². The van der Waals surface area contributed by atoms with E-state index in [-0.39, 0.29) is 0 Å². The molecule has 0 spiro atoms. The SMILES string of the molecule is CCOCCCNCc1ncc(C)o1. The quantitative estimate of drug-likeness (QED) is 0.674. The summed E-state index contributed by atoms with van der Waals surface area (Å²) in [6.07, 6.45) is 2.75. The normalized spacial score (nSPS) is 10.7. The van der Waals surface area contributed by atoms with Crippen molar-refractivity contribution in [1.29, 1.82) is 0 Å². The van der Waals surface area contributed by atoms with Crippen LogP contribution in [0.3, 0.4) is 0 Å². The molecule has 0 saturated carbocycles. The molecule has 0 bridgehead atoms. The number of nitrogens with zero attached hydrogens (tertiary/aromatic N) is 1. The van der Waals surface area contributed by atoms with E-state index in [9.17, 15) is 0 Å². The van der Waals surface area contributed by atoms with Crippen molar-refractivity contribution in [3.63, 3.8) is 0 Å². The first-order chi connectivity index (χ1) is 6.83. The average molecular weight is 198 g/mol. The highest BCUT2D eigenvalue weighted by Crippen LogP contribution is 2.00. The third kappa shape index (κ3) is 4.39. The number of oxazole rings is 1. The van der Waals surface area contributed by atoms with Crippen LogP contribution in [0.4, 0.5) is 0 Å². The average Bonchev–Trinajstić information content (AvgIpc) is 2.58. The van der Waals surface area contributed by atoms with Crippen molar-refractivity contribution >= 4 is 0 Å². The van der Waals surface area contributed by atoms with Crippen LogP contribution < -0.4 is 5.32 Å². The monoisotopic (exact) mass is 198 g/mol. The number of aryl methyl sites for hydroxylation is 1. The van der Waals surface area contributed by atoms with Crippen LogP contribution in [-0.2, 0) is 11.3 Å². The fraction of sp³-hybridized carbons (Fsp3) is 0.700. The summed E-state index contributed by atoms with van der Waals surface area (Å²) in [5.74, 6) is 1.61. The first kappa shape index (κ1) is 11.2. The Balaban J connectivity index is 1.99. The zero-order valence-electron chi connectivity index (χ0n) is 8.88. The van der Waals surface area contributed by atoms with Crippen molar-refractivity contribution in [3.05, 3.63) is 17.8 Å². The van der Waals surface area contributed by atoms with Crippen molar-refractivity contribution in [1.82, 2.24) is 10.3 Å². The van der Waals surface area contributed by atoms with Gasteiger partial charge in [0.2, 0.25) is 5.89 Å². The van der Waals surface area contributed by atoms with Gasteiger partial charge in [-0.25, -0.2) is 4.98 Å². The Labute approximate surface area is 84.7 Å². The summed E-state index contributed by atoms with van der Waals surface area (Å²) < 4.78 is 10.5. The minimum atomic E-state index is 0.694. The predicted molar refractivity (Wildman–Crippen MR) is 54.1 cm³/mol. The molecule has 0 saturated heterocycles. The molecule has 0 aliphatic rings. The Hall–Kier alpha value is -0.870. The number of hydrogen-bond donors (Lipinski definition) is 1. The number of nitrogens with one attached hydrogen (secondary N) is 1. The zero-order valence-corrected chi connectivity index (χ0v) is 8.88. The van der Waals surface area contributed by atoms with Gasteiger partial charge < -0.3 is 14.5 Å². The summed E-state index contributed by atoms with van der Waals surface area (Å²) in [5.41, 5.74) is 0. The van der Waals surface area contributed by atoms with Gasteiger partial charge in [0.05, 0.1) is 12.7 Å². The van der Waals surface area contributed by atoms with Gasteiger partial charge >= 0.3 is 0 Å². The molecule has 14 heavy (non-hydrogen) atoms.